The quantitative estimate of drug-likeness (QED) is 0.131. The Balaban J connectivity index is 1.43. The van der Waals surface area contributed by atoms with Crippen molar-refractivity contribution in [2.75, 3.05) is 19.5 Å². The fraction of sp³-hybridized carbons (Fsp3) is 0.226. The number of rotatable bonds is 11. The van der Waals surface area contributed by atoms with E-state index < -0.39 is 47.6 Å². The predicted molar refractivity (Wildman–Crippen MR) is 162 cm³/mol. The molecule has 0 aliphatic carbocycles. The van der Waals surface area contributed by atoms with Crippen LogP contribution in [-0.4, -0.2) is 63.8 Å². The molecule has 0 spiro atoms. The number of fused-ring (bicyclic) bond motifs is 1. The minimum absolute atomic E-state index is 0.0540. The summed E-state index contributed by atoms with van der Waals surface area (Å²) < 4.78 is 11.7. The third-order valence-electron chi connectivity index (χ3n) is 7.18. The smallest absolute Gasteiger partial charge is 0.356 e. The molecule has 0 radical (unpaired) electrons. The maximum absolute atomic E-state index is 13.8. The first kappa shape index (κ1) is 29.5. The molecule has 1 saturated heterocycles. The SMILES string of the molecule is CO[C@@]1(NC(=O)C(NC=S)c2ccccc2)C(=O)N2C(C(=O)OC(c3ccccc3)c3ccccc3)=C(CO)CSC21. The van der Waals surface area contributed by atoms with Gasteiger partial charge in [0.05, 0.1) is 12.1 Å². The highest BCUT2D eigenvalue weighted by Gasteiger charge is 2.67. The van der Waals surface area contributed by atoms with Crippen molar-refractivity contribution in [1.82, 2.24) is 15.5 Å². The lowest BCUT2D eigenvalue weighted by Gasteiger charge is -2.56. The van der Waals surface area contributed by atoms with Gasteiger partial charge in [0, 0.05) is 12.9 Å². The second kappa shape index (κ2) is 12.9. The van der Waals surface area contributed by atoms with Crippen LogP contribution in [0.3, 0.4) is 0 Å². The number of methoxy groups -OCH3 is 1. The number of thioether (sulfide) groups is 1. The van der Waals surface area contributed by atoms with E-state index in [1.165, 1.54) is 29.3 Å². The number of benzene rings is 3. The van der Waals surface area contributed by atoms with E-state index in [4.69, 9.17) is 21.7 Å². The van der Waals surface area contributed by atoms with Gasteiger partial charge in [0.2, 0.25) is 5.91 Å². The summed E-state index contributed by atoms with van der Waals surface area (Å²) in [6.45, 7) is -0.448. The van der Waals surface area contributed by atoms with Crippen molar-refractivity contribution < 1.29 is 29.0 Å². The van der Waals surface area contributed by atoms with Crippen molar-refractivity contribution in [3.05, 3.63) is 119 Å². The highest BCUT2D eigenvalue weighted by Crippen LogP contribution is 2.47. The average molecular weight is 604 g/mol. The molecule has 42 heavy (non-hydrogen) atoms. The number of nitrogens with one attached hydrogen (secondary N) is 2. The number of ether oxygens (including phenoxy) is 2. The van der Waals surface area contributed by atoms with Crippen LogP contribution in [0.4, 0.5) is 0 Å². The molecule has 5 rings (SSSR count). The van der Waals surface area contributed by atoms with Crippen LogP contribution in [0, 0.1) is 0 Å². The first-order valence-electron chi connectivity index (χ1n) is 13.2. The van der Waals surface area contributed by atoms with Crippen molar-refractivity contribution in [2.45, 2.75) is 23.2 Å². The lowest BCUT2D eigenvalue weighted by molar-refractivity contribution is -0.193. The van der Waals surface area contributed by atoms with Crippen LogP contribution in [0.1, 0.15) is 28.8 Å². The summed E-state index contributed by atoms with van der Waals surface area (Å²) in [5.74, 6) is -1.74. The molecule has 2 aliphatic rings. The van der Waals surface area contributed by atoms with E-state index in [9.17, 15) is 19.5 Å². The molecule has 2 aliphatic heterocycles. The van der Waals surface area contributed by atoms with Crippen LogP contribution in [0.15, 0.2) is 102 Å². The Labute approximate surface area is 252 Å². The molecule has 2 unspecified atom stereocenters. The van der Waals surface area contributed by atoms with E-state index in [0.717, 1.165) is 11.1 Å². The second-order valence-electron chi connectivity index (χ2n) is 9.61. The molecular formula is C31H29N3O6S2. The molecule has 3 aromatic rings. The lowest BCUT2D eigenvalue weighted by Crippen LogP contribution is -2.81. The first-order valence-corrected chi connectivity index (χ1v) is 14.7. The molecule has 3 atom stereocenters. The molecule has 0 bridgehead atoms. The number of nitrogens with zero attached hydrogens (tertiary/aromatic N) is 1. The minimum Gasteiger partial charge on any atom is -0.448 e. The number of β-lactam (4-membered cyclic amide) rings is 1. The van der Waals surface area contributed by atoms with Crippen LogP contribution >= 0.6 is 24.0 Å². The van der Waals surface area contributed by atoms with Gasteiger partial charge in [-0.15, -0.1) is 11.8 Å². The molecule has 3 aromatic carbocycles. The number of thiocarbonyl (C=S) groups is 1. The average Bonchev–Trinajstić information content (AvgIpc) is 3.05. The number of hydrogen-bond acceptors (Lipinski definition) is 8. The van der Waals surface area contributed by atoms with Crippen molar-refractivity contribution in [3.63, 3.8) is 0 Å². The Morgan fingerprint density at radius 1 is 1.02 bits per heavy atom. The summed E-state index contributed by atoms with van der Waals surface area (Å²) in [6, 6.07) is 26.6. The van der Waals surface area contributed by atoms with Crippen LogP contribution in [0.2, 0.25) is 0 Å². The van der Waals surface area contributed by atoms with Gasteiger partial charge in [-0.25, -0.2) is 4.79 Å². The minimum atomic E-state index is -1.75. The molecule has 0 aromatic heterocycles. The maximum Gasteiger partial charge on any atom is 0.356 e. The van der Waals surface area contributed by atoms with Crippen molar-refractivity contribution in [3.8, 4) is 0 Å². The Morgan fingerprint density at radius 2 is 1.57 bits per heavy atom. The Kier molecular flexibility index (Phi) is 9.03. The Morgan fingerprint density at radius 3 is 2.07 bits per heavy atom. The summed E-state index contributed by atoms with van der Waals surface area (Å²) >= 11 is 6.21. The largest absolute Gasteiger partial charge is 0.448 e. The molecular weight excluding hydrogens is 574 g/mol. The standard InChI is InChI=1S/C31H29N3O6S2/c1-39-31(33-27(36)24(32-19-41)20-11-5-2-6-12-20)29(38)34-25(23(17-35)18-42-30(31)34)28(37)40-26(21-13-7-3-8-14-21)22-15-9-4-10-16-22/h2-16,19,24,26,30,35H,17-18H2,1H3,(H,32,41)(H,33,36)/t24?,30?,31-/m0/s1. The van der Waals surface area contributed by atoms with Gasteiger partial charge >= 0.3 is 5.97 Å². The van der Waals surface area contributed by atoms with Gasteiger partial charge in [-0.2, -0.15) is 0 Å². The van der Waals surface area contributed by atoms with Crippen molar-refractivity contribution >= 4 is 47.3 Å². The van der Waals surface area contributed by atoms with Crippen molar-refractivity contribution in [1.29, 1.82) is 0 Å². The van der Waals surface area contributed by atoms with Gasteiger partial charge in [-0.1, -0.05) is 103 Å². The summed E-state index contributed by atoms with van der Waals surface area (Å²) in [5.41, 5.74) is 1.91. The van der Waals surface area contributed by atoms with E-state index >= 15 is 0 Å². The third-order valence-corrected chi connectivity index (χ3v) is 8.69. The zero-order chi connectivity index (χ0) is 29.7. The summed E-state index contributed by atoms with van der Waals surface area (Å²) in [6.07, 6.45) is -0.754. The summed E-state index contributed by atoms with van der Waals surface area (Å²) in [7, 11) is 1.32. The summed E-state index contributed by atoms with van der Waals surface area (Å²) in [5, 5.41) is 15.0. The van der Waals surface area contributed by atoms with E-state index in [2.05, 4.69) is 10.6 Å². The van der Waals surface area contributed by atoms with Gasteiger partial charge in [0.1, 0.15) is 17.1 Å². The highest BCUT2D eigenvalue weighted by molar-refractivity contribution is 8.00. The van der Waals surface area contributed by atoms with Gasteiger partial charge < -0.3 is 25.2 Å². The highest BCUT2D eigenvalue weighted by atomic mass is 32.2. The second-order valence-corrected chi connectivity index (χ2v) is 10.9. The molecule has 1 fully saturated rings. The van der Waals surface area contributed by atoms with Crippen LogP contribution in [0.25, 0.3) is 0 Å². The van der Waals surface area contributed by atoms with Crippen LogP contribution in [0.5, 0.6) is 0 Å². The van der Waals surface area contributed by atoms with Crippen LogP contribution in [-0.2, 0) is 23.9 Å². The molecule has 0 saturated carbocycles. The molecule has 2 amide bonds. The number of aliphatic hydroxyl groups excluding tert-OH is 1. The van der Waals surface area contributed by atoms with Gasteiger partial charge in [0.15, 0.2) is 6.10 Å². The Bertz CT molecular complexity index is 1450. The topological polar surface area (TPSA) is 117 Å². The lowest BCUT2D eigenvalue weighted by atomic mass is 9.96. The number of aliphatic hydroxyl groups is 1. The molecule has 9 nitrogen and oxygen atoms in total. The Hall–Kier alpha value is -4.03. The number of carbonyl (C=O) groups is 3. The monoisotopic (exact) mass is 603 g/mol. The fourth-order valence-corrected chi connectivity index (χ4v) is 6.66. The van der Waals surface area contributed by atoms with E-state index in [0.29, 0.717) is 11.1 Å². The summed E-state index contributed by atoms with van der Waals surface area (Å²) in [4.78, 5) is 42.3. The fourth-order valence-electron chi connectivity index (χ4n) is 5.09. The number of amides is 2. The zero-order valence-electron chi connectivity index (χ0n) is 22.6. The normalized spacial score (nSPS) is 20.3. The zero-order valence-corrected chi connectivity index (χ0v) is 24.3. The van der Waals surface area contributed by atoms with Gasteiger partial charge in [-0.3, -0.25) is 14.5 Å². The van der Waals surface area contributed by atoms with E-state index in [-0.39, 0.29) is 11.4 Å². The van der Waals surface area contributed by atoms with E-state index in [1.54, 1.807) is 24.3 Å². The first-order chi connectivity index (χ1) is 20.4. The van der Waals surface area contributed by atoms with Gasteiger partial charge in [-0.05, 0) is 22.3 Å². The number of hydrogen-bond donors (Lipinski definition) is 3. The number of esters is 1. The van der Waals surface area contributed by atoms with Crippen molar-refractivity contribution in [2.24, 2.45) is 0 Å². The molecule has 2 heterocycles. The third kappa shape index (κ3) is 5.43. The molecule has 216 valence electrons. The van der Waals surface area contributed by atoms with Crippen LogP contribution < -0.4 is 10.6 Å². The predicted octanol–water partition coefficient (Wildman–Crippen LogP) is 3.23. The number of carbonyl (C=O) groups excluding carboxylic acids is 3. The van der Waals surface area contributed by atoms with Gasteiger partial charge in [0.25, 0.3) is 11.6 Å². The molecule has 11 heteroatoms. The van der Waals surface area contributed by atoms with E-state index in [1.807, 2.05) is 66.7 Å². The molecule has 3 N–H and O–H groups in total. The maximum atomic E-state index is 13.8.